The third-order valence-electron chi connectivity index (χ3n) is 4.54. The van der Waals surface area contributed by atoms with Crippen molar-refractivity contribution >= 4 is 17.5 Å². The van der Waals surface area contributed by atoms with E-state index in [1.165, 1.54) is 0 Å². The summed E-state index contributed by atoms with van der Waals surface area (Å²) < 4.78 is 0. The van der Waals surface area contributed by atoms with Gasteiger partial charge in [0, 0.05) is 29.9 Å². The average molecular weight is 347 g/mol. The van der Waals surface area contributed by atoms with Crippen LogP contribution in [0.1, 0.15) is 52.0 Å². The van der Waals surface area contributed by atoms with Crippen LogP contribution in [0.4, 0.5) is 5.69 Å². The van der Waals surface area contributed by atoms with Crippen LogP contribution in [-0.2, 0) is 0 Å². The van der Waals surface area contributed by atoms with Crippen molar-refractivity contribution in [1.29, 1.82) is 5.26 Å². The molecule has 0 aliphatic carbocycles. The Kier molecular flexibility index (Phi) is 5.65. The number of amides is 2. The summed E-state index contributed by atoms with van der Waals surface area (Å²) in [4.78, 5) is 27.1. The van der Waals surface area contributed by atoms with Gasteiger partial charge in [-0.05, 0) is 55.3 Å². The second-order valence-electron chi connectivity index (χ2n) is 6.43. The topological polar surface area (TPSA) is 73.2 Å². The van der Waals surface area contributed by atoms with Crippen molar-refractivity contribution in [2.24, 2.45) is 0 Å². The molecule has 0 saturated carbocycles. The monoisotopic (exact) mass is 347 g/mol. The summed E-state index contributed by atoms with van der Waals surface area (Å²) >= 11 is 0. The maximum absolute atomic E-state index is 12.7. The normalized spacial score (nSPS) is 14.2. The average Bonchev–Trinajstić information content (AvgIpc) is 2.97. The zero-order valence-corrected chi connectivity index (χ0v) is 14.6. The van der Waals surface area contributed by atoms with Gasteiger partial charge >= 0.3 is 0 Å². The third-order valence-corrected chi connectivity index (χ3v) is 4.54. The van der Waals surface area contributed by atoms with Gasteiger partial charge in [-0.3, -0.25) is 9.59 Å². The Morgan fingerprint density at radius 1 is 0.923 bits per heavy atom. The number of rotatable bonds is 3. The van der Waals surface area contributed by atoms with Gasteiger partial charge in [0.05, 0.1) is 11.6 Å². The molecule has 0 unspecified atom stereocenters. The van der Waals surface area contributed by atoms with Crippen LogP contribution in [-0.4, -0.2) is 29.8 Å². The first-order chi connectivity index (χ1) is 12.7. The summed E-state index contributed by atoms with van der Waals surface area (Å²) in [5.74, 6) is -0.292. The lowest BCUT2D eigenvalue weighted by Crippen LogP contribution is -2.32. The molecule has 5 nitrogen and oxygen atoms in total. The molecule has 0 atom stereocenters. The minimum Gasteiger partial charge on any atom is -0.339 e. The van der Waals surface area contributed by atoms with Crippen LogP contribution in [0.5, 0.6) is 0 Å². The molecule has 2 aromatic carbocycles. The van der Waals surface area contributed by atoms with Crippen molar-refractivity contribution < 1.29 is 9.59 Å². The van der Waals surface area contributed by atoms with Gasteiger partial charge in [0.1, 0.15) is 0 Å². The SMILES string of the molecule is N#Cc1ccc(NC(=O)c2cccc(C(=O)N3CCCCCC3)c2)cc1. The number of anilines is 1. The van der Waals surface area contributed by atoms with Crippen molar-refractivity contribution in [3.63, 3.8) is 0 Å². The molecule has 1 N–H and O–H groups in total. The highest BCUT2D eigenvalue weighted by Crippen LogP contribution is 2.16. The van der Waals surface area contributed by atoms with Gasteiger partial charge in [0.25, 0.3) is 11.8 Å². The number of benzene rings is 2. The lowest BCUT2D eigenvalue weighted by Gasteiger charge is -2.20. The fraction of sp³-hybridized carbons (Fsp3) is 0.286. The first-order valence-corrected chi connectivity index (χ1v) is 8.88. The van der Waals surface area contributed by atoms with Crippen LogP contribution in [0.2, 0.25) is 0 Å². The first kappa shape index (κ1) is 17.7. The van der Waals surface area contributed by atoms with Crippen LogP contribution in [0.3, 0.4) is 0 Å². The molecule has 26 heavy (non-hydrogen) atoms. The molecule has 0 bridgehead atoms. The number of nitrogens with zero attached hydrogens (tertiary/aromatic N) is 2. The highest BCUT2D eigenvalue weighted by molar-refractivity contribution is 6.06. The van der Waals surface area contributed by atoms with Crippen molar-refractivity contribution in [3.8, 4) is 6.07 Å². The molecular weight excluding hydrogens is 326 g/mol. The maximum atomic E-state index is 12.7. The van der Waals surface area contributed by atoms with Crippen molar-refractivity contribution in [2.45, 2.75) is 25.7 Å². The van der Waals surface area contributed by atoms with Crippen LogP contribution in [0, 0.1) is 11.3 Å². The number of hydrogen-bond acceptors (Lipinski definition) is 3. The molecule has 5 heteroatoms. The number of carbonyl (C=O) groups excluding carboxylic acids is 2. The maximum Gasteiger partial charge on any atom is 0.255 e. The summed E-state index contributed by atoms with van der Waals surface area (Å²) in [6, 6.07) is 15.5. The molecule has 1 heterocycles. The van der Waals surface area contributed by atoms with E-state index in [1.54, 1.807) is 48.5 Å². The number of hydrogen-bond donors (Lipinski definition) is 1. The molecule has 1 aliphatic heterocycles. The molecule has 3 rings (SSSR count). The van der Waals surface area contributed by atoms with Crippen molar-refractivity contribution in [1.82, 2.24) is 4.90 Å². The second kappa shape index (κ2) is 8.30. The Hall–Kier alpha value is -3.13. The molecule has 1 fully saturated rings. The Morgan fingerprint density at radius 3 is 2.23 bits per heavy atom. The molecule has 2 amide bonds. The van der Waals surface area contributed by atoms with E-state index < -0.39 is 0 Å². The second-order valence-corrected chi connectivity index (χ2v) is 6.43. The minimum absolute atomic E-state index is 0.0140. The number of likely N-dealkylation sites (tertiary alicyclic amines) is 1. The molecule has 2 aromatic rings. The van der Waals surface area contributed by atoms with E-state index in [0.717, 1.165) is 38.8 Å². The van der Waals surface area contributed by atoms with E-state index in [0.29, 0.717) is 22.4 Å². The van der Waals surface area contributed by atoms with Gasteiger partial charge in [-0.15, -0.1) is 0 Å². The summed E-state index contributed by atoms with van der Waals surface area (Å²) in [5.41, 5.74) is 2.13. The zero-order valence-electron chi connectivity index (χ0n) is 14.6. The van der Waals surface area contributed by atoms with Crippen molar-refractivity contribution in [2.75, 3.05) is 18.4 Å². The standard InChI is InChI=1S/C21H21N3O2/c22-15-16-8-10-19(11-9-16)23-20(25)17-6-5-7-18(14-17)21(26)24-12-3-1-2-4-13-24/h5-11,14H,1-4,12-13H2,(H,23,25). The third kappa shape index (κ3) is 4.28. The number of carbonyl (C=O) groups is 2. The summed E-state index contributed by atoms with van der Waals surface area (Å²) in [5, 5.41) is 11.6. The predicted octanol–water partition coefficient (Wildman–Crippen LogP) is 3.83. The van der Waals surface area contributed by atoms with Crippen molar-refractivity contribution in [3.05, 3.63) is 65.2 Å². The first-order valence-electron chi connectivity index (χ1n) is 8.88. The molecular formula is C21H21N3O2. The van der Waals surface area contributed by atoms with Gasteiger partial charge in [-0.2, -0.15) is 5.26 Å². The van der Waals surface area contributed by atoms with Gasteiger partial charge in [-0.25, -0.2) is 0 Å². The summed E-state index contributed by atoms with van der Waals surface area (Å²) in [7, 11) is 0. The molecule has 0 aromatic heterocycles. The highest BCUT2D eigenvalue weighted by Gasteiger charge is 2.18. The molecule has 0 radical (unpaired) electrons. The van der Waals surface area contributed by atoms with Crippen LogP contribution >= 0.6 is 0 Å². The molecule has 1 saturated heterocycles. The van der Waals surface area contributed by atoms with E-state index in [1.807, 2.05) is 11.0 Å². The fourth-order valence-electron chi connectivity index (χ4n) is 3.08. The highest BCUT2D eigenvalue weighted by atomic mass is 16.2. The number of nitrogens with one attached hydrogen (secondary N) is 1. The van der Waals surface area contributed by atoms with Gasteiger partial charge in [-0.1, -0.05) is 18.9 Å². The molecule has 132 valence electrons. The zero-order chi connectivity index (χ0) is 18.4. The summed E-state index contributed by atoms with van der Waals surface area (Å²) in [6.07, 6.45) is 4.39. The Morgan fingerprint density at radius 2 is 1.58 bits per heavy atom. The molecule has 1 aliphatic rings. The van der Waals surface area contributed by atoms with E-state index in [4.69, 9.17) is 5.26 Å². The largest absolute Gasteiger partial charge is 0.339 e. The lowest BCUT2D eigenvalue weighted by molar-refractivity contribution is 0.0761. The minimum atomic E-state index is -0.278. The van der Waals surface area contributed by atoms with E-state index in [9.17, 15) is 9.59 Å². The lowest BCUT2D eigenvalue weighted by atomic mass is 10.1. The van der Waals surface area contributed by atoms with Crippen LogP contribution in [0.25, 0.3) is 0 Å². The van der Waals surface area contributed by atoms with Gasteiger partial charge in [0.2, 0.25) is 0 Å². The van der Waals surface area contributed by atoms with Gasteiger partial charge in [0.15, 0.2) is 0 Å². The van der Waals surface area contributed by atoms with Crippen LogP contribution < -0.4 is 5.32 Å². The smallest absolute Gasteiger partial charge is 0.255 e. The quantitative estimate of drug-likeness (QED) is 0.917. The fourth-order valence-corrected chi connectivity index (χ4v) is 3.08. The Balaban J connectivity index is 1.72. The van der Waals surface area contributed by atoms with Gasteiger partial charge < -0.3 is 10.2 Å². The van der Waals surface area contributed by atoms with E-state index in [-0.39, 0.29) is 11.8 Å². The predicted molar refractivity (Wildman–Crippen MR) is 99.9 cm³/mol. The molecule has 0 spiro atoms. The van der Waals surface area contributed by atoms with E-state index >= 15 is 0 Å². The Bertz CT molecular complexity index is 829. The number of nitriles is 1. The van der Waals surface area contributed by atoms with E-state index in [2.05, 4.69) is 5.32 Å². The summed E-state index contributed by atoms with van der Waals surface area (Å²) in [6.45, 7) is 1.56. The Labute approximate surface area is 153 Å². The van der Waals surface area contributed by atoms with Crippen LogP contribution in [0.15, 0.2) is 48.5 Å².